The van der Waals surface area contributed by atoms with Crippen LogP contribution in [0.15, 0.2) is 79.4 Å². The van der Waals surface area contributed by atoms with E-state index in [2.05, 4.69) is 41.3 Å². The van der Waals surface area contributed by atoms with Gasteiger partial charge in [0, 0.05) is 28.3 Å². The Bertz CT molecular complexity index is 1160. The third-order valence-corrected chi connectivity index (χ3v) is 4.70. The first-order valence-electron chi connectivity index (χ1n) is 8.68. The van der Waals surface area contributed by atoms with Gasteiger partial charge in [-0.25, -0.2) is 9.97 Å². The standard InChI is InChI=1S/C23H18ClN3/c1-3-4-12-18-16(2)27(20-14-9-8-13-19(18)20)22-15-21(24)25-23(26-22)17-10-6-5-7-11-17/h3-15H,1H2,2H3/b12-4-. The first kappa shape index (κ1) is 17.3. The summed E-state index contributed by atoms with van der Waals surface area (Å²) in [5, 5.41) is 1.57. The molecule has 2 heterocycles. The van der Waals surface area contributed by atoms with Crippen LogP contribution >= 0.6 is 11.6 Å². The molecule has 0 radical (unpaired) electrons. The van der Waals surface area contributed by atoms with Crippen LogP contribution in [0.25, 0.3) is 34.2 Å². The number of hydrogen-bond acceptors (Lipinski definition) is 2. The molecule has 0 aliphatic heterocycles. The van der Waals surface area contributed by atoms with Crippen molar-refractivity contribution >= 4 is 28.6 Å². The van der Waals surface area contributed by atoms with E-state index < -0.39 is 0 Å². The molecular weight excluding hydrogens is 354 g/mol. The Kier molecular flexibility index (Phi) is 4.61. The van der Waals surface area contributed by atoms with Crippen molar-refractivity contribution in [1.82, 2.24) is 14.5 Å². The van der Waals surface area contributed by atoms with Gasteiger partial charge in [0.2, 0.25) is 0 Å². The van der Waals surface area contributed by atoms with Crippen LogP contribution in [0.2, 0.25) is 5.15 Å². The van der Waals surface area contributed by atoms with Crippen LogP contribution in [0.5, 0.6) is 0 Å². The van der Waals surface area contributed by atoms with Crippen molar-refractivity contribution in [3.63, 3.8) is 0 Å². The smallest absolute Gasteiger partial charge is 0.163 e. The number of fused-ring (bicyclic) bond motifs is 1. The summed E-state index contributed by atoms with van der Waals surface area (Å²) in [4.78, 5) is 9.21. The summed E-state index contributed by atoms with van der Waals surface area (Å²) >= 11 is 6.35. The van der Waals surface area contributed by atoms with E-state index in [1.807, 2.05) is 48.5 Å². The van der Waals surface area contributed by atoms with E-state index in [0.29, 0.717) is 11.0 Å². The van der Waals surface area contributed by atoms with Crippen LogP contribution in [0.1, 0.15) is 11.3 Å². The van der Waals surface area contributed by atoms with Crippen LogP contribution in [0.3, 0.4) is 0 Å². The molecule has 27 heavy (non-hydrogen) atoms. The highest BCUT2D eigenvalue weighted by Crippen LogP contribution is 2.31. The second kappa shape index (κ2) is 7.22. The number of halogens is 1. The minimum atomic E-state index is 0.416. The van der Waals surface area contributed by atoms with Gasteiger partial charge in [-0.1, -0.05) is 84.9 Å². The minimum absolute atomic E-state index is 0.416. The molecule has 0 aliphatic carbocycles. The Balaban J connectivity index is 1.98. The predicted molar refractivity (Wildman–Crippen MR) is 113 cm³/mol. The maximum Gasteiger partial charge on any atom is 0.163 e. The summed E-state index contributed by atoms with van der Waals surface area (Å²) < 4.78 is 2.12. The lowest BCUT2D eigenvalue weighted by Crippen LogP contribution is -2.02. The van der Waals surface area contributed by atoms with Gasteiger partial charge in [0.05, 0.1) is 5.52 Å². The van der Waals surface area contributed by atoms with Gasteiger partial charge in [-0.15, -0.1) is 0 Å². The molecule has 2 aromatic heterocycles. The summed E-state index contributed by atoms with van der Waals surface area (Å²) in [6.07, 6.45) is 5.80. The van der Waals surface area contributed by atoms with Crippen molar-refractivity contribution in [2.24, 2.45) is 0 Å². The Morgan fingerprint density at radius 1 is 1.00 bits per heavy atom. The van der Waals surface area contributed by atoms with Gasteiger partial charge < -0.3 is 0 Å². The van der Waals surface area contributed by atoms with Crippen molar-refractivity contribution < 1.29 is 0 Å². The molecule has 4 rings (SSSR count). The van der Waals surface area contributed by atoms with E-state index in [9.17, 15) is 0 Å². The van der Waals surface area contributed by atoms with Crippen LogP contribution in [0.4, 0.5) is 0 Å². The number of benzene rings is 2. The van der Waals surface area contributed by atoms with Gasteiger partial charge in [0.1, 0.15) is 11.0 Å². The highest BCUT2D eigenvalue weighted by atomic mass is 35.5. The van der Waals surface area contributed by atoms with Crippen molar-refractivity contribution in [2.45, 2.75) is 6.92 Å². The summed E-state index contributed by atoms with van der Waals surface area (Å²) in [5.41, 5.74) is 4.24. The lowest BCUT2D eigenvalue weighted by atomic mass is 10.1. The van der Waals surface area contributed by atoms with Gasteiger partial charge in [-0.05, 0) is 13.0 Å². The Hall–Kier alpha value is -3.17. The summed E-state index contributed by atoms with van der Waals surface area (Å²) in [7, 11) is 0. The highest BCUT2D eigenvalue weighted by Gasteiger charge is 2.16. The molecule has 3 nitrogen and oxygen atoms in total. The molecule has 0 atom stereocenters. The zero-order valence-electron chi connectivity index (χ0n) is 14.9. The largest absolute Gasteiger partial charge is 0.298 e. The second-order valence-corrected chi connectivity index (χ2v) is 6.57. The molecule has 0 spiro atoms. The minimum Gasteiger partial charge on any atom is -0.298 e. The molecule has 2 aromatic carbocycles. The maximum absolute atomic E-state index is 6.35. The number of rotatable bonds is 4. The zero-order valence-corrected chi connectivity index (χ0v) is 15.7. The summed E-state index contributed by atoms with van der Waals surface area (Å²) in [5.74, 6) is 1.36. The van der Waals surface area contributed by atoms with Gasteiger partial charge in [0.25, 0.3) is 0 Å². The van der Waals surface area contributed by atoms with Gasteiger partial charge in [-0.3, -0.25) is 4.57 Å². The molecule has 0 unspecified atom stereocenters. The fraction of sp³-hybridized carbons (Fsp3) is 0.0435. The third-order valence-electron chi connectivity index (χ3n) is 4.50. The average molecular weight is 372 g/mol. The lowest BCUT2D eigenvalue weighted by Gasteiger charge is -2.10. The molecule has 4 aromatic rings. The predicted octanol–water partition coefficient (Wildman–Crippen LogP) is 6.25. The Morgan fingerprint density at radius 3 is 2.52 bits per heavy atom. The maximum atomic E-state index is 6.35. The molecule has 4 heteroatoms. The second-order valence-electron chi connectivity index (χ2n) is 6.18. The molecule has 132 valence electrons. The number of para-hydroxylation sites is 1. The van der Waals surface area contributed by atoms with E-state index in [4.69, 9.17) is 16.6 Å². The molecule has 0 aliphatic rings. The fourth-order valence-corrected chi connectivity index (χ4v) is 3.48. The van der Waals surface area contributed by atoms with Crippen molar-refractivity contribution in [3.05, 3.63) is 95.8 Å². The fourth-order valence-electron chi connectivity index (χ4n) is 3.30. The molecular formula is C23H18ClN3. The number of aromatic nitrogens is 3. The van der Waals surface area contributed by atoms with Gasteiger partial charge in [-0.2, -0.15) is 0 Å². The lowest BCUT2D eigenvalue weighted by molar-refractivity contribution is 0.975. The molecule has 0 saturated carbocycles. The third kappa shape index (κ3) is 3.18. The van der Waals surface area contributed by atoms with Crippen LogP contribution < -0.4 is 0 Å². The molecule has 0 fully saturated rings. The topological polar surface area (TPSA) is 30.7 Å². The monoisotopic (exact) mass is 371 g/mol. The Labute approximate surface area is 163 Å². The molecule has 0 bridgehead atoms. The number of nitrogens with zero attached hydrogens (tertiary/aromatic N) is 3. The van der Waals surface area contributed by atoms with Crippen molar-refractivity contribution in [1.29, 1.82) is 0 Å². The first-order valence-corrected chi connectivity index (χ1v) is 9.06. The van der Waals surface area contributed by atoms with Gasteiger partial charge >= 0.3 is 0 Å². The molecule has 0 N–H and O–H groups in total. The van der Waals surface area contributed by atoms with E-state index in [1.165, 1.54) is 0 Å². The SMILES string of the molecule is C=C/C=C\c1c(C)n(-c2cc(Cl)nc(-c3ccccc3)n2)c2ccccc12. The molecule has 0 saturated heterocycles. The quantitative estimate of drug-likeness (QED) is 0.313. The van der Waals surface area contributed by atoms with E-state index in [0.717, 1.165) is 33.5 Å². The summed E-state index contributed by atoms with van der Waals surface area (Å²) in [6.45, 7) is 5.86. The van der Waals surface area contributed by atoms with E-state index in [1.54, 1.807) is 12.1 Å². The van der Waals surface area contributed by atoms with Crippen LogP contribution in [-0.4, -0.2) is 14.5 Å². The number of allylic oxidation sites excluding steroid dienone is 2. The normalized spacial score (nSPS) is 11.3. The Morgan fingerprint density at radius 2 is 1.74 bits per heavy atom. The van der Waals surface area contributed by atoms with E-state index in [-0.39, 0.29) is 0 Å². The van der Waals surface area contributed by atoms with Crippen molar-refractivity contribution in [2.75, 3.05) is 0 Å². The highest BCUT2D eigenvalue weighted by molar-refractivity contribution is 6.29. The van der Waals surface area contributed by atoms with Crippen LogP contribution in [-0.2, 0) is 0 Å². The molecule has 0 amide bonds. The zero-order chi connectivity index (χ0) is 18.8. The average Bonchev–Trinajstić information content (AvgIpc) is 2.98. The van der Waals surface area contributed by atoms with E-state index >= 15 is 0 Å². The van der Waals surface area contributed by atoms with Gasteiger partial charge in [0.15, 0.2) is 5.82 Å². The van der Waals surface area contributed by atoms with Crippen LogP contribution in [0, 0.1) is 6.92 Å². The van der Waals surface area contributed by atoms with Crippen molar-refractivity contribution in [3.8, 4) is 17.2 Å². The summed E-state index contributed by atoms with van der Waals surface area (Å²) in [6, 6.07) is 19.9. The number of hydrogen-bond donors (Lipinski definition) is 0. The first-order chi connectivity index (χ1) is 13.2.